The number of thiazole rings is 1. The van der Waals surface area contributed by atoms with Gasteiger partial charge in [-0.3, -0.25) is 0 Å². The van der Waals surface area contributed by atoms with Crippen LogP contribution < -0.4 is 11.4 Å². The second-order valence-electron chi connectivity index (χ2n) is 3.82. The number of fused-ring (bicyclic) bond motifs is 1. The van der Waals surface area contributed by atoms with Crippen LogP contribution in [0.25, 0.3) is 22.2 Å². The molecule has 0 aliphatic rings. The molecule has 0 radical (unpaired) electrons. The maximum atomic E-state index is 12.0. The molecule has 2 heterocycles. The number of benzene rings is 1. The summed E-state index contributed by atoms with van der Waals surface area (Å²) in [6.45, 7) is 0. The van der Waals surface area contributed by atoms with Gasteiger partial charge in [-0.15, -0.1) is 11.3 Å². The predicted octanol–water partition coefficient (Wildman–Crippen LogP) is 4.02. The highest BCUT2D eigenvalue weighted by Crippen LogP contribution is 2.30. The Morgan fingerprint density at radius 2 is 2.05 bits per heavy atom. The van der Waals surface area contributed by atoms with E-state index in [1.165, 1.54) is 11.3 Å². The van der Waals surface area contributed by atoms with Crippen molar-refractivity contribution in [1.29, 1.82) is 0 Å². The van der Waals surface area contributed by atoms with Gasteiger partial charge >= 0.3 is 5.63 Å². The first kappa shape index (κ1) is 12.8. The topological polar surface area (TPSA) is 69.1 Å². The Hall–Kier alpha value is -1.18. The number of hydrogen-bond acceptors (Lipinski definition) is 5. The first-order valence-electron chi connectivity index (χ1n) is 5.19. The zero-order chi connectivity index (χ0) is 13.6. The maximum absolute atomic E-state index is 12.0. The molecular formula is C12H6Br2N2O2S. The van der Waals surface area contributed by atoms with E-state index < -0.39 is 5.63 Å². The minimum Gasteiger partial charge on any atom is -0.421 e. The highest BCUT2D eigenvalue weighted by Gasteiger charge is 2.12. The van der Waals surface area contributed by atoms with E-state index in [1.54, 1.807) is 11.4 Å². The van der Waals surface area contributed by atoms with Gasteiger partial charge in [-0.1, -0.05) is 15.9 Å². The van der Waals surface area contributed by atoms with E-state index in [9.17, 15) is 4.79 Å². The fourth-order valence-electron chi connectivity index (χ4n) is 1.75. The molecule has 4 nitrogen and oxygen atoms in total. The molecule has 0 atom stereocenters. The average Bonchev–Trinajstić information content (AvgIpc) is 2.76. The molecule has 2 N–H and O–H groups in total. The molecule has 0 aliphatic heterocycles. The van der Waals surface area contributed by atoms with Gasteiger partial charge in [-0.2, -0.15) is 0 Å². The van der Waals surface area contributed by atoms with Crippen LogP contribution in [0.4, 0.5) is 5.13 Å². The summed E-state index contributed by atoms with van der Waals surface area (Å²) in [5.74, 6) is 0. The summed E-state index contributed by atoms with van der Waals surface area (Å²) >= 11 is 8.06. The largest absolute Gasteiger partial charge is 0.421 e. The molecule has 0 unspecified atom stereocenters. The predicted molar refractivity (Wildman–Crippen MR) is 83.4 cm³/mol. The highest BCUT2D eigenvalue weighted by atomic mass is 79.9. The molecule has 0 aliphatic carbocycles. The van der Waals surface area contributed by atoms with Crippen LogP contribution in [0.3, 0.4) is 0 Å². The van der Waals surface area contributed by atoms with Gasteiger partial charge in [0.1, 0.15) is 0 Å². The second kappa shape index (κ2) is 4.73. The standard InChI is InChI=1S/C12H6Br2N2O2S/c13-6-1-5-2-7(9-4-19-12(15)16-9)11(17)18-10(5)8(14)3-6/h1-4H,(H2,15,16). The number of anilines is 1. The minimum atomic E-state index is -0.430. The summed E-state index contributed by atoms with van der Waals surface area (Å²) in [6, 6.07) is 5.46. The summed E-state index contributed by atoms with van der Waals surface area (Å²) < 4.78 is 6.96. The fourth-order valence-corrected chi connectivity index (χ4v) is 3.65. The quantitative estimate of drug-likeness (QED) is 0.625. The fraction of sp³-hybridized carbons (Fsp3) is 0. The van der Waals surface area contributed by atoms with Crippen LogP contribution in [0.2, 0.25) is 0 Å². The number of nitrogens with zero attached hydrogens (tertiary/aromatic N) is 1. The van der Waals surface area contributed by atoms with Gasteiger partial charge in [0.05, 0.1) is 15.7 Å². The molecule has 3 aromatic rings. The van der Waals surface area contributed by atoms with Crippen molar-refractivity contribution in [3.05, 3.63) is 42.9 Å². The van der Waals surface area contributed by atoms with Gasteiger partial charge in [0, 0.05) is 15.2 Å². The Labute approximate surface area is 128 Å². The van der Waals surface area contributed by atoms with E-state index in [2.05, 4.69) is 36.8 Å². The van der Waals surface area contributed by atoms with E-state index in [0.717, 1.165) is 14.3 Å². The molecule has 0 fully saturated rings. The van der Waals surface area contributed by atoms with Gasteiger partial charge in [0.15, 0.2) is 10.7 Å². The van der Waals surface area contributed by atoms with E-state index in [4.69, 9.17) is 10.2 Å². The number of hydrogen-bond donors (Lipinski definition) is 1. The van der Waals surface area contributed by atoms with E-state index in [0.29, 0.717) is 22.0 Å². The Bertz CT molecular complexity index is 841. The van der Waals surface area contributed by atoms with Crippen molar-refractivity contribution in [1.82, 2.24) is 4.98 Å². The lowest BCUT2D eigenvalue weighted by Crippen LogP contribution is -2.03. The third-order valence-electron chi connectivity index (χ3n) is 2.55. The molecule has 0 saturated heterocycles. The summed E-state index contributed by atoms with van der Waals surface area (Å²) in [4.78, 5) is 16.1. The summed E-state index contributed by atoms with van der Waals surface area (Å²) in [5, 5.41) is 2.97. The molecular weight excluding hydrogens is 396 g/mol. The Balaban J connectivity index is 2.33. The molecule has 19 heavy (non-hydrogen) atoms. The van der Waals surface area contributed by atoms with Crippen molar-refractivity contribution in [2.24, 2.45) is 0 Å². The lowest BCUT2D eigenvalue weighted by atomic mass is 10.1. The van der Waals surface area contributed by atoms with Gasteiger partial charge in [-0.25, -0.2) is 9.78 Å². The van der Waals surface area contributed by atoms with Crippen molar-refractivity contribution in [2.75, 3.05) is 5.73 Å². The van der Waals surface area contributed by atoms with Crippen LogP contribution in [0.5, 0.6) is 0 Å². The smallest absolute Gasteiger partial charge is 0.345 e. The Morgan fingerprint density at radius 1 is 1.26 bits per heavy atom. The number of nitrogen functional groups attached to an aromatic ring is 1. The van der Waals surface area contributed by atoms with Crippen LogP contribution in [-0.4, -0.2) is 4.98 Å². The number of halogens is 2. The van der Waals surface area contributed by atoms with E-state index in [1.807, 2.05) is 12.1 Å². The molecule has 0 bridgehead atoms. The average molecular weight is 402 g/mol. The van der Waals surface area contributed by atoms with Crippen LogP contribution in [0.1, 0.15) is 0 Å². The lowest BCUT2D eigenvalue weighted by Gasteiger charge is -2.02. The number of nitrogens with two attached hydrogens (primary N) is 1. The lowest BCUT2D eigenvalue weighted by molar-refractivity contribution is 0.561. The summed E-state index contributed by atoms with van der Waals surface area (Å²) in [5.41, 5.74) is 6.62. The molecule has 2 aromatic heterocycles. The molecule has 1 aromatic carbocycles. The van der Waals surface area contributed by atoms with Gasteiger partial charge in [0.2, 0.25) is 0 Å². The van der Waals surface area contributed by atoms with Gasteiger partial charge in [-0.05, 0) is 34.1 Å². The highest BCUT2D eigenvalue weighted by molar-refractivity contribution is 9.11. The van der Waals surface area contributed by atoms with Crippen LogP contribution >= 0.6 is 43.2 Å². The monoisotopic (exact) mass is 400 g/mol. The SMILES string of the molecule is Nc1nc(-c2cc3cc(Br)cc(Br)c3oc2=O)cs1. The van der Waals surface area contributed by atoms with Crippen LogP contribution in [-0.2, 0) is 0 Å². The zero-order valence-corrected chi connectivity index (χ0v) is 13.3. The van der Waals surface area contributed by atoms with E-state index in [-0.39, 0.29) is 0 Å². The van der Waals surface area contributed by atoms with Gasteiger partial charge in [0.25, 0.3) is 0 Å². The third kappa shape index (κ3) is 2.33. The van der Waals surface area contributed by atoms with Gasteiger partial charge < -0.3 is 10.2 Å². The van der Waals surface area contributed by atoms with E-state index >= 15 is 0 Å². The molecule has 7 heteroatoms. The first-order chi connectivity index (χ1) is 9.04. The number of rotatable bonds is 1. The summed E-state index contributed by atoms with van der Waals surface area (Å²) in [6.07, 6.45) is 0. The van der Waals surface area contributed by atoms with Crippen molar-refractivity contribution < 1.29 is 4.42 Å². The minimum absolute atomic E-state index is 0.408. The van der Waals surface area contributed by atoms with Crippen LogP contribution in [0, 0.1) is 0 Å². The third-order valence-corrected chi connectivity index (χ3v) is 4.27. The number of aromatic nitrogens is 1. The van der Waals surface area contributed by atoms with Crippen LogP contribution in [0.15, 0.2) is 41.7 Å². The maximum Gasteiger partial charge on any atom is 0.345 e. The van der Waals surface area contributed by atoms with Crippen molar-refractivity contribution in [3.8, 4) is 11.3 Å². The molecule has 0 amide bonds. The van der Waals surface area contributed by atoms with Crippen molar-refractivity contribution in [2.45, 2.75) is 0 Å². The molecule has 3 rings (SSSR count). The Kier molecular flexibility index (Phi) is 3.20. The normalized spacial score (nSPS) is 11.1. The zero-order valence-electron chi connectivity index (χ0n) is 9.31. The molecule has 96 valence electrons. The first-order valence-corrected chi connectivity index (χ1v) is 7.65. The Morgan fingerprint density at radius 3 is 2.74 bits per heavy atom. The van der Waals surface area contributed by atoms with Crippen molar-refractivity contribution in [3.63, 3.8) is 0 Å². The molecule has 0 saturated carbocycles. The summed E-state index contributed by atoms with van der Waals surface area (Å²) in [7, 11) is 0. The molecule has 0 spiro atoms. The second-order valence-corrected chi connectivity index (χ2v) is 6.48. The van der Waals surface area contributed by atoms with Crippen molar-refractivity contribution >= 4 is 59.3 Å².